The Balaban J connectivity index is 1.25. The molecule has 0 unspecified atom stereocenters. The number of hydrogen-bond donors (Lipinski definition) is 2. The van der Waals surface area contributed by atoms with E-state index in [4.69, 9.17) is 0 Å². The second kappa shape index (κ2) is 8.20. The molecule has 3 heterocycles. The van der Waals surface area contributed by atoms with Gasteiger partial charge in [-0.15, -0.1) is 0 Å². The van der Waals surface area contributed by atoms with Crippen LogP contribution in [0.25, 0.3) is 11.3 Å². The van der Waals surface area contributed by atoms with E-state index in [1.165, 1.54) is 18.2 Å². The molecule has 1 aromatic carbocycles. The van der Waals surface area contributed by atoms with Crippen molar-refractivity contribution in [1.82, 2.24) is 20.5 Å². The summed E-state index contributed by atoms with van der Waals surface area (Å²) in [5, 5.41) is 10.8. The van der Waals surface area contributed by atoms with Gasteiger partial charge in [-0.2, -0.15) is 18.3 Å². The first-order valence-corrected chi connectivity index (χ1v) is 10.7. The van der Waals surface area contributed by atoms with Crippen molar-refractivity contribution < 1.29 is 17.6 Å². The highest BCUT2D eigenvalue weighted by atomic mass is 19.4. The van der Waals surface area contributed by atoms with Gasteiger partial charge in [0.2, 0.25) is 0 Å². The van der Waals surface area contributed by atoms with Crippen LogP contribution in [0.5, 0.6) is 0 Å². The first-order chi connectivity index (χ1) is 15.4. The fourth-order valence-electron chi connectivity index (χ4n) is 5.02. The fraction of sp³-hybridized carbons (Fsp3) is 0.391. The SMILES string of the molecule is Fc1ccc(-c2[nH]ncc2CN[C@H]2CC[C@@H]3CN(c4cccc(C(F)(F)F)n4)C[C@@H]32)cc1. The topological polar surface area (TPSA) is 56.8 Å². The number of alkyl halides is 3. The Morgan fingerprint density at radius 1 is 1.06 bits per heavy atom. The van der Waals surface area contributed by atoms with E-state index in [-0.39, 0.29) is 11.9 Å². The molecule has 3 atom stereocenters. The van der Waals surface area contributed by atoms with E-state index in [2.05, 4.69) is 20.5 Å². The minimum Gasteiger partial charge on any atom is -0.356 e. The molecule has 0 bridgehead atoms. The maximum atomic E-state index is 13.2. The maximum absolute atomic E-state index is 13.2. The van der Waals surface area contributed by atoms with E-state index in [1.54, 1.807) is 24.4 Å². The smallest absolute Gasteiger partial charge is 0.356 e. The molecule has 2 aromatic heterocycles. The molecule has 0 spiro atoms. The molecule has 1 saturated heterocycles. The first-order valence-electron chi connectivity index (χ1n) is 10.7. The lowest BCUT2D eigenvalue weighted by atomic mass is 9.97. The lowest BCUT2D eigenvalue weighted by molar-refractivity contribution is -0.141. The lowest BCUT2D eigenvalue weighted by Gasteiger charge is -2.23. The summed E-state index contributed by atoms with van der Waals surface area (Å²) in [6, 6.07) is 10.6. The Labute approximate surface area is 182 Å². The quantitative estimate of drug-likeness (QED) is 0.562. The van der Waals surface area contributed by atoms with Crippen molar-refractivity contribution in [2.24, 2.45) is 11.8 Å². The molecule has 2 aliphatic rings. The molecular formula is C23H23F4N5. The number of nitrogens with zero attached hydrogens (tertiary/aromatic N) is 3. The molecule has 3 aromatic rings. The summed E-state index contributed by atoms with van der Waals surface area (Å²) in [7, 11) is 0. The molecule has 9 heteroatoms. The van der Waals surface area contributed by atoms with Gasteiger partial charge in [0.05, 0.1) is 11.9 Å². The molecule has 32 heavy (non-hydrogen) atoms. The molecule has 5 nitrogen and oxygen atoms in total. The van der Waals surface area contributed by atoms with Crippen LogP contribution in [0.3, 0.4) is 0 Å². The van der Waals surface area contributed by atoms with Crippen molar-refractivity contribution in [2.45, 2.75) is 31.6 Å². The molecule has 2 N–H and O–H groups in total. The summed E-state index contributed by atoms with van der Waals surface area (Å²) in [5.41, 5.74) is 1.87. The average Bonchev–Trinajstić information content (AvgIpc) is 3.49. The molecular weight excluding hydrogens is 422 g/mol. The number of hydrogen-bond acceptors (Lipinski definition) is 4. The number of fused-ring (bicyclic) bond motifs is 1. The Hall–Kier alpha value is -2.94. The van der Waals surface area contributed by atoms with Crippen LogP contribution in [0.1, 0.15) is 24.1 Å². The van der Waals surface area contributed by atoms with Gasteiger partial charge < -0.3 is 10.2 Å². The number of nitrogens with one attached hydrogen (secondary N) is 2. The van der Waals surface area contributed by atoms with Gasteiger partial charge >= 0.3 is 6.18 Å². The highest BCUT2D eigenvalue weighted by Gasteiger charge is 2.43. The van der Waals surface area contributed by atoms with Gasteiger partial charge in [-0.25, -0.2) is 9.37 Å². The minimum absolute atomic E-state index is 0.270. The summed E-state index contributed by atoms with van der Waals surface area (Å²) in [6.45, 7) is 2.02. The second-order valence-corrected chi connectivity index (χ2v) is 8.55. The van der Waals surface area contributed by atoms with Crippen molar-refractivity contribution in [3.05, 3.63) is 65.7 Å². The predicted octanol–water partition coefficient (Wildman–Crippen LogP) is 4.63. The number of anilines is 1. The highest BCUT2D eigenvalue weighted by molar-refractivity contribution is 5.62. The molecule has 5 rings (SSSR count). The highest BCUT2D eigenvalue weighted by Crippen LogP contribution is 2.40. The minimum atomic E-state index is -4.44. The Bertz CT molecular complexity index is 1080. The summed E-state index contributed by atoms with van der Waals surface area (Å²) < 4.78 is 52.4. The van der Waals surface area contributed by atoms with Crippen molar-refractivity contribution in [3.8, 4) is 11.3 Å². The van der Waals surface area contributed by atoms with E-state index in [9.17, 15) is 17.6 Å². The number of H-pyrrole nitrogens is 1. The number of rotatable bonds is 5. The maximum Gasteiger partial charge on any atom is 0.433 e. The van der Waals surface area contributed by atoms with Crippen LogP contribution in [-0.4, -0.2) is 34.3 Å². The van der Waals surface area contributed by atoms with Gasteiger partial charge in [0.25, 0.3) is 0 Å². The first kappa shape index (κ1) is 20.9. The predicted molar refractivity (Wildman–Crippen MR) is 112 cm³/mol. The van der Waals surface area contributed by atoms with Crippen LogP contribution in [-0.2, 0) is 12.7 Å². The van der Waals surface area contributed by atoms with Crippen LogP contribution in [0.2, 0.25) is 0 Å². The van der Waals surface area contributed by atoms with Gasteiger partial charge in [-0.1, -0.05) is 6.07 Å². The van der Waals surface area contributed by atoms with Crippen LogP contribution < -0.4 is 10.2 Å². The zero-order valence-electron chi connectivity index (χ0n) is 17.2. The van der Waals surface area contributed by atoms with Gasteiger partial charge in [-0.3, -0.25) is 5.10 Å². The van der Waals surface area contributed by atoms with Crippen molar-refractivity contribution >= 4 is 5.82 Å². The number of halogens is 4. The van der Waals surface area contributed by atoms with Crippen LogP contribution in [0.15, 0.2) is 48.7 Å². The Morgan fingerprint density at radius 3 is 2.66 bits per heavy atom. The van der Waals surface area contributed by atoms with Gasteiger partial charge in [0, 0.05) is 36.8 Å². The molecule has 1 saturated carbocycles. The van der Waals surface area contributed by atoms with Crippen molar-refractivity contribution in [2.75, 3.05) is 18.0 Å². The number of benzene rings is 1. The molecule has 0 amide bonds. The Morgan fingerprint density at radius 2 is 1.88 bits per heavy atom. The summed E-state index contributed by atoms with van der Waals surface area (Å²) in [4.78, 5) is 5.83. The number of pyridine rings is 1. The zero-order valence-corrected chi connectivity index (χ0v) is 17.2. The third-order valence-corrected chi connectivity index (χ3v) is 6.61. The fourth-order valence-corrected chi connectivity index (χ4v) is 5.02. The van der Waals surface area contributed by atoms with E-state index < -0.39 is 11.9 Å². The normalized spacial score (nSPS) is 23.0. The molecule has 168 valence electrons. The third kappa shape index (κ3) is 4.09. The monoisotopic (exact) mass is 445 g/mol. The zero-order chi connectivity index (χ0) is 22.3. The third-order valence-electron chi connectivity index (χ3n) is 6.61. The van der Waals surface area contributed by atoms with E-state index >= 15 is 0 Å². The van der Waals surface area contributed by atoms with E-state index in [0.717, 1.165) is 42.3 Å². The molecule has 1 aliphatic carbocycles. The summed E-state index contributed by atoms with van der Waals surface area (Å²) in [5.74, 6) is 0.893. The van der Waals surface area contributed by atoms with Crippen LogP contribution >= 0.6 is 0 Å². The number of aromatic amines is 1. The summed E-state index contributed by atoms with van der Waals surface area (Å²) in [6.07, 6.45) is -0.606. The van der Waals surface area contributed by atoms with Gasteiger partial charge in [-0.05, 0) is 61.1 Å². The molecule has 0 radical (unpaired) electrons. The Kier molecular flexibility index (Phi) is 5.36. The molecule has 1 aliphatic heterocycles. The van der Waals surface area contributed by atoms with Gasteiger partial charge in [0.15, 0.2) is 0 Å². The summed E-state index contributed by atoms with van der Waals surface area (Å²) >= 11 is 0. The van der Waals surface area contributed by atoms with Gasteiger partial charge in [0.1, 0.15) is 17.3 Å². The van der Waals surface area contributed by atoms with Crippen molar-refractivity contribution in [1.29, 1.82) is 0 Å². The van der Waals surface area contributed by atoms with Crippen LogP contribution in [0.4, 0.5) is 23.4 Å². The lowest BCUT2D eigenvalue weighted by Crippen LogP contribution is -2.35. The standard InChI is InChI=1S/C23H23F4N5/c24-17-7-4-14(5-8-17)22-16(11-29-31-22)10-28-19-9-6-15-12-32(13-18(15)19)21-3-1-2-20(30-21)23(25,26)27/h1-5,7-8,11,15,18-19,28H,6,9-10,12-13H2,(H,29,31)/t15-,18+,19+/m1/s1. The average molecular weight is 445 g/mol. The largest absolute Gasteiger partial charge is 0.433 e. The van der Waals surface area contributed by atoms with Crippen molar-refractivity contribution in [3.63, 3.8) is 0 Å². The van der Waals surface area contributed by atoms with E-state index in [0.29, 0.717) is 30.7 Å². The van der Waals surface area contributed by atoms with E-state index in [1.807, 2.05) is 4.90 Å². The second-order valence-electron chi connectivity index (χ2n) is 8.55. The number of aromatic nitrogens is 3. The van der Waals surface area contributed by atoms with Crippen LogP contribution in [0, 0.1) is 17.7 Å². The molecule has 2 fully saturated rings.